The topological polar surface area (TPSA) is 37.9 Å². The number of methoxy groups -OCH3 is 1. The first kappa shape index (κ1) is 15.3. The van der Waals surface area contributed by atoms with Gasteiger partial charge in [0.1, 0.15) is 11.9 Å². The highest BCUT2D eigenvalue weighted by atomic mass is 19.1. The molecule has 0 aliphatic carbocycles. The van der Waals surface area contributed by atoms with E-state index in [0.717, 1.165) is 28.7 Å². The summed E-state index contributed by atoms with van der Waals surface area (Å²) < 4.78 is 20.9. The Morgan fingerprint density at radius 3 is 2.48 bits per heavy atom. The van der Waals surface area contributed by atoms with Crippen LogP contribution >= 0.6 is 0 Å². The van der Waals surface area contributed by atoms with E-state index in [9.17, 15) is 9.65 Å². The van der Waals surface area contributed by atoms with E-state index in [1.54, 1.807) is 19.2 Å². The predicted molar refractivity (Wildman–Crippen MR) is 88.0 cm³/mol. The van der Waals surface area contributed by atoms with Gasteiger partial charge in [-0.25, -0.2) is 4.39 Å². The molecule has 23 heavy (non-hydrogen) atoms. The summed E-state index contributed by atoms with van der Waals surface area (Å²) in [4.78, 5) is 0. The highest BCUT2D eigenvalue weighted by molar-refractivity contribution is 5.90. The minimum absolute atomic E-state index is 0.206. The van der Waals surface area contributed by atoms with Crippen molar-refractivity contribution in [3.8, 4) is 11.8 Å². The van der Waals surface area contributed by atoms with Crippen molar-refractivity contribution in [3.63, 3.8) is 0 Å². The summed E-state index contributed by atoms with van der Waals surface area (Å²) in [7, 11) is 1.64. The first-order valence-corrected chi connectivity index (χ1v) is 7.53. The molecule has 116 valence electrons. The summed E-state index contributed by atoms with van der Waals surface area (Å²) >= 11 is 0. The smallest absolute Gasteiger partial charge is 0.123 e. The van der Waals surface area contributed by atoms with Gasteiger partial charge >= 0.3 is 0 Å². The number of halogens is 1. The van der Waals surface area contributed by atoms with Gasteiger partial charge in [0.05, 0.1) is 22.9 Å². The van der Waals surface area contributed by atoms with Crippen LogP contribution in [0.15, 0.2) is 48.5 Å². The molecule has 0 saturated heterocycles. The standard InChI is InChI=1S/C19H17FN2O/c1-3-18(23-2)19-16(12-21)15-6-4-5-7-17(15)22(19)14-10-8-13(20)9-11-14/h4-11,18H,3H2,1-2H3. The number of aromatic nitrogens is 1. The molecule has 0 aliphatic rings. The Morgan fingerprint density at radius 2 is 1.87 bits per heavy atom. The first-order valence-electron chi connectivity index (χ1n) is 7.53. The molecular weight excluding hydrogens is 291 g/mol. The third kappa shape index (κ3) is 2.49. The third-order valence-corrected chi connectivity index (χ3v) is 4.07. The molecule has 0 radical (unpaired) electrons. The monoisotopic (exact) mass is 308 g/mol. The number of nitrogens with zero attached hydrogens (tertiary/aromatic N) is 2. The molecule has 0 fully saturated rings. The van der Waals surface area contributed by atoms with Crippen LogP contribution in [0.5, 0.6) is 0 Å². The van der Waals surface area contributed by atoms with Gasteiger partial charge in [-0.2, -0.15) is 5.26 Å². The predicted octanol–water partition coefficient (Wildman–Crippen LogP) is 4.74. The van der Waals surface area contributed by atoms with Crippen molar-refractivity contribution in [3.05, 3.63) is 65.6 Å². The Hall–Kier alpha value is -2.64. The van der Waals surface area contributed by atoms with Gasteiger partial charge in [-0.15, -0.1) is 0 Å². The number of benzene rings is 2. The molecule has 0 bridgehead atoms. The molecule has 0 aliphatic heterocycles. The summed E-state index contributed by atoms with van der Waals surface area (Å²) in [5, 5.41) is 10.6. The highest BCUT2D eigenvalue weighted by Crippen LogP contribution is 2.35. The Balaban J connectivity index is 2.40. The van der Waals surface area contributed by atoms with Crippen molar-refractivity contribution in [1.29, 1.82) is 5.26 Å². The molecule has 1 atom stereocenters. The lowest BCUT2D eigenvalue weighted by Crippen LogP contribution is -2.09. The van der Waals surface area contributed by atoms with Crippen molar-refractivity contribution in [2.24, 2.45) is 0 Å². The number of fused-ring (bicyclic) bond motifs is 1. The number of ether oxygens (including phenoxy) is 1. The lowest BCUT2D eigenvalue weighted by molar-refractivity contribution is 0.0952. The van der Waals surface area contributed by atoms with Crippen LogP contribution < -0.4 is 0 Å². The van der Waals surface area contributed by atoms with Crippen LogP contribution in [0.25, 0.3) is 16.6 Å². The van der Waals surface area contributed by atoms with Gasteiger partial charge in [-0.3, -0.25) is 0 Å². The number of hydrogen-bond acceptors (Lipinski definition) is 2. The minimum Gasteiger partial charge on any atom is -0.375 e. The van der Waals surface area contributed by atoms with E-state index in [1.807, 2.05) is 35.8 Å². The summed E-state index contributed by atoms with van der Waals surface area (Å²) in [6.45, 7) is 2.02. The van der Waals surface area contributed by atoms with Gasteiger partial charge in [0.25, 0.3) is 0 Å². The van der Waals surface area contributed by atoms with Gasteiger partial charge in [0, 0.05) is 18.2 Å². The fourth-order valence-corrected chi connectivity index (χ4v) is 3.02. The van der Waals surface area contributed by atoms with Crippen LogP contribution in [0, 0.1) is 17.1 Å². The number of hydrogen-bond donors (Lipinski definition) is 0. The molecule has 0 saturated carbocycles. The zero-order valence-electron chi connectivity index (χ0n) is 13.1. The molecule has 1 aromatic heterocycles. The maximum atomic E-state index is 13.3. The number of nitriles is 1. The summed E-state index contributed by atoms with van der Waals surface area (Å²) in [6, 6.07) is 16.3. The van der Waals surface area contributed by atoms with Crippen molar-refractivity contribution in [2.75, 3.05) is 7.11 Å². The molecule has 0 amide bonds. The molecule has 4 heteroatoms. The van der Waals surface area contributed by atoms with Crippen molar-refractivity contribution < 1.29 is 9.13 Å². The number of rotatable bonds is 4. The maximum Gasteiger partial charge on any atom is 0.123 e. The highest BCUT2D eigenvalue weighted by Gasteiger charge is 2.24. The van der Waals surface area contributed by atoms with Gasteiger partial charge in [-0.05, 0) is 36.8 Å². The third-order valence-electron chi connectivity index (χ3n) is 4.07. The van der Waals surface area contributed by atoms with Crippen molar-refractivity contribution in [2.45, 2.75) is 19.4 Å². The van der Waals surface area contributed by atoms with Gasteiger partial charge < -0.3 is 9.30 Å². The first-order chi connectivity index (χ1) is 11.2. The van der Waals surface area contributed by atoms with Crippen LogP contribution in [0.2, 0.25) is 0 Å². The molecular formula is C19H17FN2O. The second-order valence-electron chi connectivity index (χ2n) is 5.33. The molecule has 3 rings (SSSR count). The Morgan fingerprint density at radius 1 is 1.17 bits per heavy atom. The normalized spacial score (nSPS) is 12.3. The number of para-hydroxylation sites is 1. The lowest BCUT2D eigenvalue weighted by Gasteiger charge is -2.18. The van der Waals surface area contributed by atoms with Crippen LogP contribution in [0.1, 0.15) is 30.7 Å². The van der Waals surface area contributed by atoms with Crippen LogP contribution in [0.4, 0.5) is 4.39 Å². The van der Waals surface area contributed by atoms with E-state index in [4.69, 9.17) is 4.74 Å². The lowest BCUT2D eigenvalue weighted by atomic mass is 10.1. The molecule has 3 aromatic rings. The molecule has 1 heterocycles. The van der Waals surface area contributed by atoms with E-state index in [1.165, 1.54) is 12.1 Å². The molecule has 2 aromatic carbocycles. The van der Waals surface area contributed by atoms with Gasteiger partial charge in [-0.1, -0.05) is 25.1 Å². The second kappa shape index (κ2) is 6.23. The maximum absolute atomic E-state index is 13.3. The van der Waals surface area contributed by atoms with E-state index < -0.39 is 0 Å². The quantitative estimate of drug-likeness (QED) is 0.698. The van der Waals surface area contributed by atoms with Crippen molar-refractivity contribution >= 4 is 10.9 Å². The molecule has 0 N–H and O–H groups in total. The minimum atomic E-state index is -0.286. The van der Waals surface area contributed by atoms with Crippen LogP contribution in [-0.4, -0.2) is 11.7 Å². The molecule has 1 unspecified atom stereocenters. The largest absolute Gasteiger partial charge is 0.375 e. The van der Waals surface area contributed by atoms with Crippen molar-refractivity contribution in [1.82, 2.24) is 4.57 Å². The summed E-state index contributed by atoms with van der Waals surface area (Å²) in [5.41, 5.74) is 3.15. The Bertz CT molecular complexity index is 871. The second-order valence-corrected chi connectivity index (χ2v) is 5.33. The zero-order chi connectivity index (χ0) is 16.4. The Kier molecular flexibility index (Phi) is 4.14. The summed E-state index contributed by atoms with van der Waals surface area (Å²) in [6.07, 6.45) is 0.532. The summed E-state index contributed by atoms with van der Waals surface area (Å²) in [5.74, 6) is -0.286. The fourth-order valence-electron chi connectivity index (χ4n) is 3.02. The molecule has 0 spiro atoms. The van der Waals surface area contributed by atoms with Gasteiger partial charge in [0.2, 0.25) is 0 Å². The SMILES string of the molecule is CCC(OC)c1c(C#N)c2ccccc2n1-c1ccc(F)cc1. The van der Waals surface area contributed by atoms with Gasteiger partial charge in [0.15, 0.2) is 0 Å². The van der Waals surface area contributed by atoms with E-state index in [0.29, 0.717) is 5.56 Å². The zero-order valence-corrected chi connectivity index (χ0v) is 13.1. The average molecular weight is 308 g/mol. The Labute approximate surface area is 134 Å². The van der Waals surface area contributed by atoms with Crippen LogP contribution in [-0.2, 0) is 4.74 Å². The van der Waals surface area contributed by atoms with E-state index in [-0.39, 0.29) is 11.9 Å². The van der Waals surface area contributed by atoms with Crippen LogP contribution in [0.3, 0.4) is 0 Å². The van der Waals surface area contributed by atoms with E-state index in [2.05, 4.69) is 6.07 Å². The van der Waals surface area contributed by atoms with E-state index >= 15 is 0 Å². The molecule has 3 nitrogen and oxygen atoms in total. The average Bonchev–Trinajstić information content (AvgIpc) is 2.91. The fraction of sp³-hybridized carbons (Fsp3) is 0.211.